The third-order valence-electron chi connectivity index (χ3n) is 4.79. The van der Waals surface area contributed by atoms with Crippen LogP contribution in [0.1, 0.15) is 30.3 Å². The summed E-state index contributed by atoms with van der Waals surface area (Å²) >= 11 is 5.86. The van der Waals surface area contributed by atoms with Gasteiger partial charge in [-0.2, -0.15) is 4.98 Å². The van der Waals surface area contributed by atoms with Gasteiger partial charge in [0.1, 0.15) is 11.8 Å². The predicted molar refractivity (Wildman–Crippen MR) is 105 cm³/mol. The maximum Gasteiger partial charge on any atom is 0.261 e. The smallest absolute Gasteiger partial charge is 0.261 e. The van der Waals surface area contributed by atoms with Crippen LogP contribution in [0.2, 0.25) is 5.02 Å². The molecule has 4 rings (SSSR count). The summed E-state index contributed by atoms with van der Waals surface area (Å²) in [4.78, 5) is 18.9. The Morgan fingerprint density at radius 1 is 1.21 bits per heavy atom. The average molecular weight is 398 g/mol. The molecule has 1 unspecified atom stereocenters. The molecular weight excluding hydrogens is 378 g/mol. The summed E-state index contributed by atoms with van der Waals surface area (Å²) in [7, 11) is 0. The molecular formula is C21H20ClN3O3. The van der Waals surface area contributed by atoms with E-state index in [9.17, 15) is 4.79 Å². The highest BCUT2D eigenvalue weighted by atomic mass is 35.5. The lowest BCUT2D eigenvalue weighted by Gasteiger charge is -2.21. The Labute approximate surface area is 168 Å². The van der Waals surface area contributed by atoms with Gasteiger partial charge in [-0.25, -0.2) is 0 Å². The highest BCUT2D eigenvalue weighted by Crippen LogP contribution is 2.32. The molecule has 2 heterocycles. The summed E-state index contributed by atoms with van der Waals surface area (Å²) in [6.07, 6.45) is 1.68. The fraction of sp³-hybridized carbons (Fsp3) is 0.286. The molecule has 0 bridgehead atoms. The Kier molecular flexibility index (Phi) is 5.30. The van der Waals surface area contributed by atoms with Gasteiger partial charge in [0, 0.05) is 17.1 Å². The fourth-order valence-electron chi connectivity index (χ4n) is 3.27. The summed E-state index contributed by atoms with van der Waals surface area (Å²) in [5.74, 6) is 1.50. The number of hydrogen-bond acceptors (Lipinski definition) is 5. The number of carbonyl (C=O) groups excluding carboxylic acids is 1. The molecule has 0 aliphatic carbocycles. The van der Waals surface area contributed by atoms with Gasteiger partial charge in [0.15, 0.2) is 6.61 Å². The van der Waals surface area contributed by atoms with Gasteiger partial charge in [0.25, 0.3) is 5.91 Å². The number of carbonyl (C=O) groups is 1. The normalized spacial score (nSPS) is 16.4. The van der Waals surface area contributed by atoms with Crippen molar-refractivity contribution in [2.24, 2.45) is 0 Å². The Morgan fingerprint density at radius 2 is 1.96 bits per heavy atom. The molecule has 1 aliphatic rings. The number of amides is 1. The van der Waals surface area contributed by atoms with Crippen LogP contribution in [0, 0.1) is 6.92 Å². The Bertz CT molecular complexity index is 954. The Hall–Kier alpha value is -2.86. The maximum absolute atomic E-state index is 12.7. The SMILES string of the molecule is Cc1ccc(-c2noc(C3CCCN3C(=O)COc3ccc(Cl)cc3)n2)cc1. The number of hydrogen-bond donors (Lipinski definition) is 0. The van der Waals surface area contributed by atoms with Gasteiger partial charge in [0.2, 0.25) is 11.7 Å². The zero-order valence-corrected chi connectivity index (χ0v) is 16.2. The van der Waals surface area contributed by atoms with Gasteiger partial charge < -0.3 is 14.2 Å². The van der Waals surface area contributed by atoms with Crippen molar-refractivity contribution < 1.29 is 14.1 Å². The van der Waals surface area contributed by atoms with Gasteiger partial charge in [-0.1, -0.05) is 46.6 Å². The maximum atomic E-state index is 12.7. The molecule has 1 saturated heterocycles. The van der Waals surface area contributed by atoms with Crippen molar-refractivity contribution in [3.8, 4) is 17.1 Å². The van der Waals surface area contributed by atoms with Gasteiger partial charge in [-0.15, -0.1) is 0 Å². The minimum absolute atomic E-state index is 0.0446. The van der Waals surface area contributed by atoms with E-state index in [0.717, 1.165) is 18.4 Å². The molecule has 1 atom stereocenters. The van der Waals surface area contributed by atoms with Crippen molar-refractivity contribution in [1.29, 1.82) is 0 Å². The minimum atomic E-state index is -0.215. The Morgan fingerprint density at radius 3 is 2.71 bits per heavy atom. The van der Waals surface area contributed by atoms with Crippen molar-refractivity contribution in [2.75, 3.05) is 13.2 Å². The Balaban J connectivity index is 1.43. The molecule has 0 radical (unpaired) electrons. The van der Waals surface area contributed by atoms with Gasteiger partial charge in [-0.3, -0.25) is 4.79 Å². The van der Waals surface area contributed by atoms with Crippen LogP contribution in [0.25, 0.3) is 11.4 Å². The summed E-state index contributed by atoms with van der Waals surface area (Å²) in [6, 6.07) is 14.6. The van der Waals surface area contributed by atoms with Crippen molar-refractivity contribution in [2.45, 2.75) is 25.8 Å². The van der Waals surface area contributed by atoms with Crippen molar-refractivity contribution >= 4 is 17.5 Å². The van der Waals surface area contributed by atoms with E-state index in [1.807, 2.05) is 31.2 Å². The highest BCUT2D eigenvalue weighted by Gasteiger charge is 2.34. The molecule has 1 aromatic heterocycles. The van der Waals surface area contributed by atoms with Gasteiger partial charge in [-0.05, 0) is 44.0 Å². The van der Waals surface area contributed by atoms with Crippen LogP contribution in [0.4, 0.5) is 0 Å². The van der Waals surface area contributed by atoms with E-state index in [4.69, 9.17) is 20.9 Å². The lowest BCUT2D eigenvalue weighted by atomic mass is 10.1. The van der Waals surface area contributed by atoms with Crippen molar-refractivity contribution in [1.82, 2.24) is 15.0 Å². The van der Waals surface area contributed by atoms with Crippen molar-refractivity contribution in [3.05, 3.63) is 65.0 Å². The number of ether oxygens (including phenoxy) is 1. The zero-order chi connectivity index (χ0) is 19.5. The van der Waals surface area contributed by atoms with Crippen LogP contribution >= 0.6 is 11.6 Å². The quantitative estimate of drug-likeness (QED) is 0.636. The van der Waals surface area contributed by atoms with Crippen LogP contribution in [-0.4, -0.2) is 34.1 Å². The molecule has 1 amide bonds. The molecule has 6 nitrogen and oxygen atoms in total. The second-order valence-corrected chi connectivity index (χ2v) is 7.25. The first-order chi connectivity index (χ1) is 13.6. The number of likely N-dealkylation sites (tertiary alicyclic amines) is 1. The zero-order valence-electron chi connectivity index (χ0n) is 15.5. The number of aryl methyl sites for hydroxylation is 1. The highest BCUT2D eigenvalue weighted by molar-refractivity contribution is 6.30. The molecule has 0 saturated carbocycles. The van der Waals surface area contributed by atoms with Gasteiger partial charge >= 0.3 is 0 Å². The summed E-state index contributed by atoms with van der Waals surface area (Å²) in [6.45, 7) is 2.63. The summed E-state index contributed by atoms with van der Waals surface area (Å²) < 4.78 is 11.1. The van der Waals surface area contributed by atoms with Crippen LogP contribution in [0.15, 0.2) is 53.1 Å². The van der Waals surface area contributed by atoms with E-state index in [0.29, 0.717) is 29.0 Å². The summed E-state index contributed by atoms with van der Waals surface area (Å²) in [5.41, 5.74) is 2.06. The average Bonchev–Trinajstić information content (AvgIpc) is 3.37. The van der Waals surface area contributed by atoms with E-state index < -0.39 is 0 Å². The number of benzene rings is 2. The van der Waals surface area contributed by atoms with E-state index in [-0.39, 0.29) is 18.6 Å². The van der Waals surface area contributed by atoms with E-state index >= 15 is 0 Å². The first-order valence-corrected chi connectivity index (χ1v) is 9.56. The van der Waals surface area contributed by atoms with Crippen LogP contribution in [0.5, 0.6) is 5.75 Å². The molecule has 1 fully saturated rings. The van der Waals surface area contributed by atoms with E-state index in [2.05, 4.69) is 10.1 Å². The molecule has 144 valence electrons. The van der Waals surface area contributed by atoms with E-state index in [1.54, 1.807) is 29.2 Å². The molecule has 28 heavy (non-hydrogen) atoms. The van der Waals surface area contributed by atoms with Gasteiger partial charge in [0.05, 0.1) is 0 Å². The minimum Gasteiger partial charge on any atom is -0.484 e. The summed E-state index contributed by atoms with van der Waals surface area (Å²) in [5, 5.41) is 4.71. The lowest BCUT2D eigenvalue weighted by molar-refractivity contribution is -0.134. The number of aromatic nitrogens is 2. The van der Waals surface area contributed by atoms with Crippen LogP contribution in [-0.2, 0) is 4.79 Å². The largest absolute Gasteiger partial charge is 0.484 e. The topological polar surface area (TPSA) is 68.5 Å². The molecule has 1 aliphatic heterocycles. The van der Waals surface area contributed by atoms with Crippen LogP contribution < -0.4 is 4.74 Å². The molecule has 7 heteroatoms. The molecule has 2 aromatic carbocycles. The second kappa shape index (κ2) is 8.02. The standard InChI is InChI=1S/C21H20ClN3O3/c1-14-4-6-15(7-5-14)20-23-21(28-24-20)18-3-2-12-25(18)19(26)13-27-17-10-8-16(22)9-11-17/h4-11,18H,2-3,12-13H2,1H3. The molecule has 0 N–H and O–H groups in total. The number of nitrogens with zero attached hydrogens (tertiary/aromatic N) is 3. The van der Waals surface area contributed by atoms with Crippen molar-refractivity contribution in [3.63, 3.8) is 0 Å². The number of rotatable bonds is 5. The third kappa shape index (κ3) is 4.02. The second-order valence-electron chi connectivity index (χ2n) is 6.81. The monoisotopic (exact) mass is 397 g/mol. The predicted octanol–water partition coefficient (Wildman–Crippen LogP) is 4.44. The molecule has 3 aromatic rings. The lowest BCUT2D eigenvalue weighted by Crippen LogP contribution is -2.34. The first kappa shape index (κ1) is 18.5. The van der Waals surface area contributed by atoms with Crippen LogP contribution in [0.3, 0.4) is 0 Å². The number of halogens is 1. The van der Waals surface area contributed by atoms with E-state index in [1.165, 1.54) is 5.56 Å². The molecule has 0 spiro atoms. The fourth-order valence-corrected chi connectivity index (χ4v) is 3.40. The first-order valence-electron chi connectivity index (χ1n) is 9.18. The third-order valence-corrected chi connectivity index (χ3v) is 5.04.